The number of carboxylic acids is 1. The van der Waals surface area contributed by atoms with E-state index in [2.05, 4.69) is 0 Å². The zero-order valence-corrected chi connectivity index (χ0v) is 12.1. The quantitative estimate of drug-likeness (QED) is 0.847. The molecule has 1 fully saturated rings. The Hall–Kier alpha value is -1.91. The van der Waals surface area contributed by atoms with E-state index in [1.807, 2.05) is 6.92 Å². The van der Waals surface area contributed by atoms with Crippen molar-refractivity contribution in [3.63, 3.8) is 0 Å². The smallest absolute Gasteiger partial charge is 0.307 e. The molecule has 0 spiro atoms. The minimum absolute atomic E-state index is 0.0687. The lowest BCUT2D eigenvalue weighted by Gasteiger charge is -2.14. The lowest BCUT2D eigenvalue weighted by atomic mass is 9.88. The Balaban J connectivity index is 2.25. The molecule has 1 N–H and O–H groups in total. The minimum Gasteiger partial charge on any atom is -0.494 e. The van der Waals surface area contributed by atoms with Gasteiger partial charge in [-0.15, -0.1) is 0 Å². The van der Waals surface area contributed by atoms with Crippen LogP contribution < -0.4 is 4.74 Å². The van der Waals surface area contributed by atoms with Gasteiger partial charge in [0.05, 0.1) is 13.0 Å². The van der Waals surface area contributed by atoms with Crippen molar-refractivity contribution in [3.05, 3.63) is 29.6 Å². The number of rotatable bonds is 5. The Bertz CT molecular complexity index is 555. The van der Waals surface area contributed by atoms with Gasteiger partial charge in [0.15, 0.2) is 17.3 Å². The van der Waals surface area contributed by atoms with Crippen molar-refractivity contribution in [2.45, 2.75) is 26.2 Å². The van der Waals surface area contributed by atoms with E-state index in [9.17, 15) is 19.1 Å². The third kappa shape index (κ3) is 3.06. The number of benzene rings is 1. The van der Waals surface area contributed by atoms with Gasteiger partial charge in [0.1, 0.15) is 0 Å². The molecule has 0 heterocycles. The molecule has 0 radical (unpaired) electrons. The first-order valence-corrected chi connectivity index (χ1v) is 7.08. The molecule has 3 atom stereocenters. The van der Waals surface area contributed by atoms with E-state index in [0.717, 1.165) is 12.5 Å². The highest BCUT2D eigenvalue weighted by molar-refractivity contribution is 6.00. The fourth-order valence-electron chi connectivity index (χ4n) is 3.07. The molecule has 5 heteroatoms. The van der Waals surface area contributed by atoms with Crippen LogP contribution in [-0.4, -0.2) is 24.0 Å². The summed E-state index contributed by atoms with van der Waals surface area (Å²) in [6.45, 7) is 1.99. The van der Waals surface area contributed by atoms with Gasteiger partial charge in [-0.1, -0.05) is 13.3 Å². The number of methoxy groups -OCH3 is 1. The van der Waals surface area contributed by atoms with Gasteiger partial charge < -0.3 is 9.84 Å². The average Bonchev–Trinajstić information content (AvgIpc) is 2.90. The second kappa shape index (κ2) is 6.24. The Kier molecular flexibility index (Phi) is 4.60. The topological polar surface area (TPSA) is 63.6 Å². The monoisotopic (exact) mass is 294 g/mol. The SMILES string of the molecule is CCC1CC(C(=O)O)C(C(=O)c2ccc(OC)c(F)c2)C1. The number of carbonyl (C=O) groups is 2. The van der Waals surface area contributed by atoms with Gasteiger partial charge in [-0.3, -0.25) is 9.59 Å². The summed E-state index contributed by atoms with van der Waals surface area (Å²) in [6, 6.07) is 4.01. The standard InChI is InChI=1S/C16H19FO4/c1-3-9-6-11(12(7-9)16(19)20)15(18)10-4-5-14(21-2)13(17)8-10/h4-5,8-9,11-12H,3,6-7H2,1-2H3,(H,19,20). The first-order chi connectivity index (χ1) is 9.97. The van der Waals surface area contributed by atoms with Crippen LogP contribution in [-0.2, 0) is 4.79 Å². The van der Waals surface area contributed by atoms with Gasteiger partial charge in [0.2, 0.25) is 0 Å². The highest BCUT2D eigenvalue weighted by atomic mass is 19.1. The fraction of sp³-hybridized carbons (Fsp3) is 0.500. The molecule has 0 bridgehead atoms. The Morgan fingerprint density at radius 2 is 2.00 bits per heavy atom. The molecule has 21 heavy (non-hydrogen) atoms. The summed E-state index contributed by atoms with van der Waals surface area (Å²) in [6.07, 6.45) is 1.92. The molecule has 0 aromatic heterocycles. The van der Waals surface area contributed by atoms with Crippen LogP contribution in [0.3, 0.4) is 0 Å². The Morgan fingerprint density at radius 1 is 1.33 bits per heavy atom. The van der Waals surface area contributed by atoms with Crippen LogP contribution in [0.4, 0.5) is 4.39 Å². The molecule has 4 nitrogen and oxygen atoms in total. The second-order valence-corrected chi connectivity index (χ2v) is 5.51. The molecule has 1 saturated carbocycles. The van der Waals surface area contributed by atoms with E-state index in [-0.39, 0.29) is 23.0 Å². The summed E-state index contributed by atoms with van der Waals surface area (Å²) >= 11 is 0. The Labute approximate surface area is 122 Å². The highest BCUT2D eigenvalue weighted by Gasteiger charge is 2.42. The molecular formula is C16H19FO4. The molecule has 114 valence electrons. The minimum atomic E-state index is -0.946. The largest absolute Gasteiger partial charge is 0.494 e. The maximum Gasteiger partial charge on any atom is 0.307 e. The van der Waals surface area contributed by atoms with Crippen molar-refractivity contribution in [1.29, 1.82) is 0 Å². The maximum absolute atomic E-state index is 13.7. The third-order valence-corrected chi connectivity index (χ3v) is 4.33. The van der Waals surface area contributed by atoms with Crippen molar-refractivity contribution in [2.75, 3.05) is 7.11 Å². The number of ether oxygens (including phenoxy) is 1. The van der Waals surface area contributed by atoms with E-state index in [0.29, 0.717) is 12.8 Å². The first kappa shape index (κ1) is 15.5. The first-order valence-electron chi connectivity index (χ1n) is 7.08. The van der Waals surface area contributed by atoms with E-state index in [1.54, 1.807) is 0 Å². The number of ketones is 1. The van der Waals surface area contributed by atoms with Crippen molar-refractivity contribution >= 4 is 11.8 Å². The molecule has 1 aromatic rings. The third-order valence-electron chi connectivity index (χ3n) is 4.33. The zero-order valence-electron chi connectivity index (χ0n) is 12.1. The van der Waals surface area contributed by atoms with E-state index >= 15 is 0 Å². The van der Waals surface area contributed by atoms with E-state index in [1.165, 1.54) is 19.2 Å². The molecule has 0 amide bonds. The van der Waals surface area contributed by atoms with Gasteiger partial charge >= 0.3 is 5.97 Å². The van der Waals surface area contributed by atoms with Gasteiger partial charge in [-0.2, -0.15) is 0 Å². The van der Waals surface area contributed by atoms with Crippen molar-refractivity contribution < 1.29 is 23.8 Å². The summed E-state index contributed by atoms with van der Waals surface area (Å²) < 4.78 is 18.5. The molecular weight excluding hydrogens is 275 g/mol. The predicted octanol–water partition coefficient (Wildman–Crippen LogP) is 3.15. The normalized spacial score (nSPS) is 24.8. The predicted molar refractivity (Wildman–Crippen MR) is 74.9 cm³/mol. The molecule has 1 aliphatic rings. The van der Waals surface area contributed by atoms with Crippen molar-refractivity contribution in [2.24, 2.45) is 17.8 Å². The molecule has 3 unspecified atom stereocenters. The van der Waals surface area contributed by atoms with Crippen molar-refractivity contribution in [1.82, 2.24) is 0 Å². The van der Waals surface area contributed by atoms with Crippen LogP contribution in [0.15, 0.2) is 18.2 Å². The second-order valence-electron chi connectivity index (χ2n) is 5.51. The fourth-order valence-corrected chi connectivity index (χ4v) is 3.07. The van der Waals surface area contributed by atoms with Gasteiger partial charge in [-0.05, 0) is 37.0 Å². The number of aliphatic carboxylic acids is 1. The van der Waals surface area contributed by atoms with Crippen LogP contribution >= 0.6 is 0 Å². The van der Waals surface area contributed by atoms with Crippen LogP contribution in [0.1, 0.15) is 36.5 Å². The molecule has 2 rings (SSSR count). The summed E-state index contributed by atoms with van der Waals surface area (Å²) in [5, 5.41) is 9.28. The highest BCUT2D eigenvalue weighted by Crippen LogP contribution is 2.40. The number of hydrogen-bond donors (Lipinski definition) is 1. The maximum atomic E-state index is 13.7. The molecule has 1 aromatic carbocycles. The van der Waals surface area contributed by atoms with Crippen molar-refractivity contribution in [3.8, 4) is 5.75 Å². The Morgan fingerprint density at radius 3 is 2.52 bits per heavy atom. The summed E-state index contributed by atoms with van der Waals surface area (Å²) in [4.78, 5) is 23.8. The number of carbonyl (C=O) groups excluding carboxylic acids is 1. The lowest BCUT2D eigenvalue weighted by molar-refractivity contribution is -0.142. The van der Waals surface area contributed by atoms with Crippen LogP contribution in [0.2, 0.25) is 0 Å². The van der Waals surface area contributed by atoms with E-state index in [4.69, 9.17) is 4.74 Å². The zero-order chi connectivity index (χ0) is 15.6. The van der Waals surface area contributed by atoms with Crippen LogP contribution in [0.5, 0.6) is 5.75 Å². The lowest BCUT2D eigenvalue weighted by Crippen LogP contribution is -2.25. The van der Waals surface area contributed by atoms with E-state index < -0.39 is 23.6 Å². The summed E-state index contributed by atoms with van der Waals surface area (Å²) in [5.41, 5.74) is 0.210. The van der Waals surface area contributed by atoms with Crippen LogP contribution in [0.25, 0.3) is 0 Å². The van der Waals surface area contributed by atoms with Crippen LogP contribution in [0, 0.1) is 23.6 Å². The van der Waals surface area contributed by atoms with Gasteiger partial charge in [0.25, 0.3) is 0 Å². The molecule has 0 saturated heterocycles. The number of hydrogen-bond acceptors (Lipinski definition) is 3. The van der Waals surface area contributed by atoms with Gasteiger partial charge in [0, 0.05) is 11.5 Å². The summed E-state index contributed by atoms with van der Waals surface area (Å²) in [7, 11) is 1.35. The van der Waals surface area contributed by atoms with Gasteiger partial charge in [-0.25, -0.2) is 4.39 Å². The molecule has 0 aliphatic heterocycles. The number of halogens is 1. The number of carboxylic acid groups (broad SMARTS) is 1. The summed E-state index contributed by atoms with van der Waals surface area (Å²) in [5.74, 6) is -2.78. The number of Topliss-reactive ketones (excluding diaryl/α,β-unsaturated/α-hetero) is 1. The molecule has 1 aliphatic carbocycles. The average molecular weight is 294 g/mol.